The van der Waals surface area contributed by atoms with Crippen molar-refractivity contribution in [1.29, 1.82) is 0 Å². The molecule has 1 atom stereocenters. The van der Waals surface area contributed by atoms with E-state index in [9.17, 15) is 9.59 Å². The molecule has 184 valence electrons. The first-order valence-corrected chi connectivity index (χ1v) is 12.9. The van der Waals surface area contributed by atoms with Crippen molar-refractivity contribution in [2.24, 2.45) is 0 Å². The molecular formula is C28H34N4O3. The largest absolute Gasteiger partial charge is 0.463 e. The maximum absolute atomic E-state index is 13.9. The van der Waals surface area contributed by atoms with Crippen LogP contribution in [0.25, 0.3) is 11.5 Å². The van der Waals surface area contributed by atoms with E-state index in [2.05, 4.69) is 17.3 Å². The van der Waals surface area contributed by atoms with Gasteiger partial charge in [0.15, 0.2) is 5.76 Å². The summed E-state index contributed by atoms with van der Waals surface area (Å²) in [7, 11) is 0. The summed E-state index contributed by atoms with van der Waals surface area (Å²) in [4.78, 5) is 29.5. The second-order valence-electron chi connectivity index (χ2n) is 10.00. The van der Waals surface area contributed by atoms with Crippen molar-refractivity contribution in [3.05, 3.63) is 60.0 Å². The number of nitrogens with zero attached hydrogens (tertiary/aromatic N) is 3. The first kappa shape index (κ1) is 23.4. The summed E-state index contributed by atoms with van der Waals surface area (Å²) >= 11 is 0. The van der Waals surface area contributed by atoms with E-state index in [0.717, 1.165) is 37.8 Å². The van der Waals surface area contributed by atoms with Crippen molar-refractivity contribution in [1.82, 2.24) is 15.1 Å². The lowest BCUT2D eigenvalue weighted by molar-refractivity contribution is -0.127. The molecule has 3 aromatic rings. The fourth-order valence-corrected chi connectivity index (χ4v) is 5.35. The van der Waals surface area contributed by atoms with E-state index < -0.39 is 5.54 Å². The molecule has 7 heteroatoms. The van der Waals surface area contributed by atoms with E-state index in [-0.39, 0.29) is 24.4 Å². The standard InChI is InChI=1S/C28H34N4O3/c1-3-20-13-15-22(16-14-20)32-26(33)24-18-23(25-12-9-17-35-25)30-31(24)19-28(32,2)27(34)29-21-10-7-5-4-6-8-11-21/h9,12-18,21H,3-8,10-11,19H2,1-2H3,(H,29,34)/t28-/m0/s1. The molecule has 0 saturated heterocycles. The molecule has 2 amide bonds. The highest BCUT2D eigenvalue weighted by Gasteiger charge is 2.49. The Balaban J connectivity index is 1.51. The van der Waals surface area contributed by atoms with Gasteiger partial charge in [0.1, 0.15) is 16.9 Å². The fourth-order valence-electron chi connectivity index (χ4n) is 5.35. The zero-order valence-electron chi connectivity index (χ0n) is 20.6. The maximum Gasteiger partial charge on any atom is 0.277 e. The van der Waals surface area contributed by atoms with Gasteiger partial charge >= 0.3 is 0 Å². The number of nitrogens with one attached hydrogen (secondary N) is 1. The summed E-state index contributed by atoms with van der Waals surface area (Å²) in [5.74, 6) is 0.233. The van der Waals surface area contributed by atoms with Crippen molar-refractivity contribution in [2.75, 3.05) is 4.90 Å². The summed E-state index contributed by atoms with van der Waals surface area (Å²) in [6.45, 7) is 4.22. The molecule has 7 nitrogen and oxygen atoms in total. The monoisotopic (exact) mass is 474 g/mol. The number of rotatable bonds is 5. The van der Waals surface area contributed by atoms with E-state index in [1.165, 1.54) is 24.8 Å². The van der Waals surface area contributed by atoms with Crippen LogP contribution in [0, 0.1) is 0 Å². The van der Waals surface area contributed by atoms with E-state index in [0.29, 0.717) is 17.1 Å². The lowest BCUT2D eigenvalue weighted by atomic mass is 9.91. The number of hydrogen-bond donors (Lipinski definition) is 1. The Morgan fingerprint density at radius 1 is 1.11 bits per heavy atom. The highest BCUT2D eigenvalue weighted by atomic mass is 16.3. The van der Waals surface area contributed by atoms with E-state index in [4.69, 9.17) is 4.42 Å². The van der Waals surface area contributed by atoms with Crippen LogP contribution < -0.4 is 10.2 Å². The van der Waals surface area contributed by atoms with Gasteiger partial charge in [0.2, 0.25) is 5.91 Å². The molecule has 0 spiro atoms. The molecule has 0 unspecified atom stereocenters. The van der Waals surface area contributed by atoms with Gasteiger partial charge in [-0.2, -0.15) is 5.10 Å². The van der Waals surface area contributed by atoms with Crippen molar-refractivity contribution in [2.45, 2.75) is 83.3 Å². The minimum absolute atomic E-state index is 0.128. The number of anilines is 1. The van der Waals surface area contributed by atoms with Crippen LogP contribution in [0.2, 0.25) is 0 Å². The Morgan fingerprint density at radius 3 is 2.49 bits per heavy atom. The van der Waals surface area contributed by atoms with E-state index in [1.807, 2.05) is 37.3 Å². The molecule has 1 saturated carbocycles. The summed E-state index contributed by atoms with van der Waals surface area (Å²) in [6, 6.07) is 13.4. The first-order valence-electron chi connectivity index (χ1n) is 12.9. The number of carbonyl (C=O) groups is 2. The Kier molecular flexibility index (Phi) is 6.50. The van der Waals surface area contributed by atoms with Crippen LogP contribution in [0.15, 0.2) is 53.1 Å². The third-order valence-corrected chi connectivity index (χ3v) is 7.46. The van der Waals surface area contributed by atoms with Gasteiger partial charge in [-0.3, -0.25) is 19.2 Å². The number of amides is 2. The smallest absolute Gasteiger partial charge is 0.277 e. The average molecular weight is 475 g/mol. The van der Waals surface area contributed by atoms with Crippen LogP contribution in [-0.2, 0) is 17.8 Å². The molecule has 0 radical (unpaired) electrons. The molecule has 0 bridgehead atoms. The van der Waals surface area contributed by atoms with Crippen LogP contribution in [-0.4, -0.2) is 33.2 Å². The van der Waals surface area contributed by atoms with Crippen molar-refractivity contribution >= 4 is 17.5 Å². The van der Waals surface area contributed by atoms with Crippen molar-refractivity contribution in [3.63, 3.8) is 0 Å². The Bertz CT molecular complexity index is 1170. The summed E-state index contributed by atoms with van der Waals surface area (Å²) in [5, 5.41) is 7.96. The minimum Gasteiger partial charge on any atom is -0.463 e. The Hall–Kier alpha value is -3.35. The normalized spacial score (nSPS) is 21.3. The lowest BCUT2D eigenvalue weighted by Gasteiger charge is -2.43. The van der Waals surface area contributed by atoms with Gasteiger partial charge in [0, 0.05) is 17.8 Å². The van der Waals surface area contributed by atoms with Gasteiger partial charge in [0.05, 0.1) is 12.8 Å². The third kappa shape index (κ3) is 4.51. The zero-order chi connectivity index (χ0) is 24.4. The van der Waals surface area contributed by atoms with Crippen LogP contribution >= 0.6 is 0 Å². The van der Waals surface area contributed by atoms with Gasteiger partial charge < -0.3 is 9.73 Å². The zero-order valence-corrected chi connectivity index (χ0v) is 20.6. The number of furan rings is 1. The van der Waals surface area contributed by atoms with Crippen molar-refractivity contribution in [3.8, 4) is 11.5 Å². The molecule has 1 fully saturated rings. The third-order valence-electron chi connectivity index (χ3n) is 7.46. The van der Waals surface area contributed by atoms with Gasteiger partial charge in [-0.05, 0) is 56.0 Å². The molecule has 2 aliphatic rings. The van der Waals surface area contributed by atoms with Gasteiger partial charge in [0.25, 0.3) is 5.91 Å². The number of hydrogen-bond acceptors (Lipinski definition) is 4. The van der Waals surface area contributed by atoms with Crippen LogP contribution in [0.4, 0.5) is 5.69 Å². The van der Waals surface area contributed by atoms with Crippen molar-refractivity contribution < 1.29 is 14.0 Å². The average Bonchev–Trinajstić information content (AvgIpc) is 3.51. The topological polar surface area (TPSA) is 80.4 Å². The number of aromatic nitrogens is 2. The van der Waals surface area contributed by atoms with Gasteiger partial charge in [-0.15, -0.1) is 0 Å². The van der Waals surface area contributed by atoms with Crippen LogP contribution in [0.3, 0.4) is 0 Å². The quantitative estimate of drug-likeness (QED) is 0.540. The molecule has 5 rings (SSSR count). The number of carbonyl (C=O) groups excluding carboxylic acids is 2. The molecule has 35 heavy (non-hydrogen) atoms. The molecule has 3 heterocycles. The Morgan fingerprint density at radius 2 is 1.83 bits per heavy atom. The minimum atomic E-state index is -1.12. The van der Waals surface area contributed by atoms with Gasteiger partial charge in [-0.25, -0.2) is 0 Å². The summed E-state index contributed by atoms with van der Waals surface area (Å²) < 4.78 is 7.17. The summed E-state index contributed by atoms with van der Waals surface area (Å²) in [5.41, 5.74) is 1.82. The first-order chi connectivity index (χ1) is 17.0. The van der Waals surface area contributed by atoms with Crippen LogP contribution in [0.1, 0.15) is 74.8 Å². The number of fused-ring (bicyclic) bond motifs is 1. The molecule has 1 aliphatic carbocycles. The lowest BCUT2D eigenvalue weighted by Crippen LogP contribution is -2.65. The van der Waals surface area contributed by atoms with E-state index in [1.54, 1.807) is 28.0 Å². The predicted octanol–water partition coefficient (Wildman–Crippen LogP) is 5.35. The molecular weight excluding hydrogens is 440 g/mol. The van der Waals surface area contributed by atoms with E-state index >= 15 is 0 Å². The van der Waals surface area contributed by atoms with Crippen LogP contribution in [0.5, 0.6) is 0 Å². The highest BCUT2D eigenvalue weighted by Crippen LogP contribution is 2.35. The highest BCUT2D eigenvalue weighted by molar-refractivity contribution is 6.12. The summed E-state index contributed by atoms with van der Waals surface area (Å²) in [6.07, 6.45) is 10.4. The number of benzene rings is 1. The fraction of sp³-hybridized carbons (Fsp3) is 0.464. The predicted molar refractivity (Wildman–Crippen MR) is 135 cm³/mol. The number of aryl methyl sites for hydroxylation is 1. The molecule has 1 N–H and O–H groups in total. The second-order valence-corrected chi connectivity index (χ2v) is 10.00. The Labute approximate surface area is 206 Å². The molecule has 1 aliphatic heterocycles. The molecule has 2 aromatic heterocycles. The molecule has 1 aromatic carbocycles. The SMILES string of the molecule is CCc1ccc(N2C(=O)c3cc(-c4ccco4)nn3C[C@@]2(C)C(=O)NC2CCCCCCC2)cc1. The maximum atomic E-state index is 13.9. The second kappa shape index (κ2) is 9.72. The van der Waals surface area contributed by atoms with Gasteiger partial charge in [-0.1, -0.05) is 51.2 Å².